The van der Waals surface area contributed by atoms with Gasteiger partial charge in [-0.3, -0.25) is 9.59 Å². The van der Waals surface area contributed by atoms with Crippen LogP contribution < -0.4 is 15.4 Å². The molecule has 0 saturated heterocycles. The monoisotopic (exact) mass is 394 g/mol. The Morgan fingerprint density at radius 3 is 2.18 bits per heavy atom. The summed E-state index contributed by atoms with van der Waals surface area (Å²) in [5, 5.41) is 7.47. The molecule has 6 heteroatoms. The van der Waals surface area contributed by atoms with Gasteiger partial charge in [0, 0.05) is 11.4 Å². The first kappa shape index (κ1) is 19.6. The largest absolute Gasteiger partial charge is 0.483 e. The van der Waals surface area contributed by atoms with Gasteiger partial charge in [0.1, 0.15) is 5.75 Å². The van der Waals surface area contributed by atoms with Crippen molar-refractivity contribution in [1.29, 1.82) is 0 Å². The van der Waals surface area contributed by atoms with E-state index >= 15 is 0 Å². The Labute approximate surface area is 168 Å². The lowest BCUT2D eigenvalue weighted by molar-refractivity contribution is -0.118. The minimum Gasteiger partial charge on any atom is -0.483 e. The highest BCUT2D eigenvalue weighted by molar-refractivity contribution is 7.12. The quantitative estimate of drug-likeness (QED) is 0.622. The van der Waals surface area contributed by atoms with E-state index in [9.17, 15) is 9.59 Å². The number of anilines is 2. The second-order valence-corrected chi connectivity index (χ2v) is 7.50. The average Bonchev–Trinajstić information content (AvgIpc) is 3.20. The third-order valence-electron chi connectivity index (χ3n) is 4.32. The zero-order chi connectivity index (χ0) is 20.1. The summed E-state index contributed by atoms with van der Waals surface area (Å²) in [5.41, 5.74) is 4.63. The van der Waals surface area contributed by atoms with E-state index in [0.29, 0.717) is 22.0 Å². The molecule has 0 spiro atoms. The molecule has 1 aromatic heterocycles. The summed E-state index contributed by atoms with van der Waals surface area (Å²) < 4.78 is 5.66. The molecule has 2 aromatic carbocycles. The lowest BCUT2D eigenvalue weighted by atomic mass is 10.1. The van der Waals surface area contributed by atoms with Crippen LogP contribution in [-0.2, 0) is 4.79 Å². The number of carbonyl (C=O) groups is 2. The number of amides is 2. The molecule has 0 aliphatic heterocycles. The van der Waals surface area contributed by atoms with Crippen LogP contribution in [0.2, 0.25) is 0 Å². The van der Waals surface area contributed by atoms with Gasteiger partial charge in [0.2, 0.25) is 0 Å². The molecular weight excluding hydrogens is 372 g/mol. The van der Waals surface area contributed by atoms with Crippen molar-refractivity contribution in [1.82, 2.24) is 0 Å². The minimum atomic E-state index is -0.243. The number of benzene rings is 2. The molecule has 0 radical (unpaired) electrons. The van der Waals surface area contributed by atoms with E-state index < -0.39 is 0 Å². The van der Waals surface area contributed by atoms with Crippen LogP contribution >= 0.6 is 11.3 Å². The lowest BCUT2D eigenvalue weighted by Gasteiger charge is -2.12. The van der Waals surface area contributed by atoms with E-state index in [1.807, 2.05) is 44.4 Å². The fraction of sp³-hybridized carbons (Fsp3) is 0.182. The van der Waals surface area contributed by atoms with Gasteiger partial charge in [0.15, 0.2) is 6.61 Å². The number of carbonyl (C=O) groups excluding carboxylic acids is 2. The molecule has 2 amide bonds. The normalized spacial score (nSPS) is 10.4. The Balaban J connectivity index is 1.53. The fourth-order valence-electron chi connectivity index (χ4n) is 2.67. The first-order valence-electron chi connectivity index (χ1n) is 8.88. The molecule has 0 saturated carbocycles. The van der Waals surface area contributed by atoms with Gasteiger partial charge in [-0.05, 0) is 79.2 Å². The van der Waals surface area contributed by atoms with Crippen LogP contribution in [0.1, 0.15) is 26.4 Å². The summed E-state index contributed by atoms with van der Waals surface area (Å²) in [4.78, 5) is 24.9. The number of aryl methyl sites for hydroxylation is 3. The molecule has 28 heavy (non-hydrogen) atoms. The van der Waals surface area contributed by atoms with Gasteiger partial charge in [0.05, 0.1) is 4.88 Å². The number of ether oxygens (including phenoxy) is 1. The summed E-state index contributed by atoms with van der Waals surface area (Å²) in [7, 11) is 0. The molecule has 2 N–H and O–H groups in total. The molecule has 0 unspecified atom stereocenters. The maximum atomic E-state index is 12.2. The molecule has 0 aliphatic carbocycles. The zero-order valence-electron chi connectivity index (χ0n) is 16.0. The van der Waals surface area contributed by atoms with Crippen molar-refractivity contribution in [3.8, 4) is 5.75 Å². The highest BCUT2D eigenvalue weighted by Gasteiger charge is 2.09. The van der Waals surface area contributed by atoms with Crippen LogP contribution in [0.3, 0.4) is 0 Å². The molecule has 1 heterocycles. The number of rotatable bonds is 6. The van der Waals surface area contributed by atoms with Crippen molar-refractivity contribution < 1.29 is 14.3 Å². The molecule has 0 aliphatic rings. The first-order chi connectivity index (χ1) is 13.4. The van der Waals surface area contributed by atoms with Crippen molar-refractivity contribution in [2.24, 2.45) is 0 Å². The van der Waals surface area contributed by atoms with Gasteiger partial charge in [-0.15, -0.1) is 11.3 Å². The molecular formula is C22H22N2O3S. The maximum absolute atomic E-state index is 12.2. The van der Waals surface area contributed by atoms with Crippen molar-refractivity contribution in [3.63, 3.8) is 0 Å². The van der Waals surface area contributed by atoms with E-state index in [2.05, 4.69) is 10.6 Å². The van der Waals surface area contributed by atoms with Crippen molar-refractivity contribution >= 4 is 34.5 Å². The van der Waals surface area contributed by atoms with Gasteiger partial charge in [-0.2, -0.15) is 0 Å². The van der Waals surface area contributed by atoms with Gasteiger partial charge in [-0.1, -0.05) is 12.1 Å². The minimum absolute atomic E-state index is 0.0692. The van der Waals surface area contributed by atoms with Gasteiger partial charge >= 0.3 is 0 Å². The second kappa shape index (κ2) is 8.71. The number of nitrogens with one attached hydrogen (secondary N) is 2. The average molecular weight is 394 g/mol. The predicted octanol–water partition coefficient (Wildman–Crippen LogP) is 4.94. The maximum Gasteiger partial charge on any atom is 0.265 e. The Hall–Kier alpha value is -3.12. The lowest BCUT2D eigenvalue weighted by Crippen LogP contribution is -2.20. The Bertz CT molecular complexity index is 980. The zero-order valence-corrected chi connectivity index (χ0v) is 16.9. The van der Waals surface area contributed by atoms with Crippen LogP contribution in [0.5, 0.6) is 5.75 Å². The van der Waals surface area contributed by atoms with E-state index in [0.717, 1.165) is 11.1 Å². The second-order valence-electron chi connectivity index (χ2n) is 6.55. The topological polar surface area (TPSA) is 67.4 Å². The molecule has 0 atom stereocenters. The van der Waals surface area contributed by atoms with Crippen molar-refractivity contribution in [3.05, 3.63) is 75.5 Å². The van der Waals surface area contributed by atoms with Crippen LogP contribution in [-0.4, -0.2) is 18.4 Å². The summed E-state index contributed by atoms with van der Waals surface area (Å²) in [5.74, 6) is 0.321. The molecule has 144 valence electrons. The molecule has 0 fully saturated rings. The molecule has 3 rings (SSSR count). The Kier molecular flexibility index (Phi) is 6.11. The van der Waals surface area contributed by atoms with Crippen LogP contribution in [0.4, 0.5) is 11.4 Å². The molecule has 3 aromatic rings. The third-order valence-corrected chi connectivity index (χ3v) is 5.19. The highest BCUT2D eigenvalue weighted by atomic mass is 32.1. The van der Waals surface area contributed by atoms with E-state index in [1.165, 1.54) is 16.9 Å². The summed E-state index contributed by atoms with van der Waals surface area (Å²) in [6.07, 6.45) is 0. The Morgan fingerprint density at radius 2 is 1.54 bits per heavy atom. The number of hydrogen-bond donors (Lipinski definition) is 2. The van der Waals surface area contributed by atoms with Gasteiger partial charge in [-0.25, -0.2) is 0 Å². The van der Waals surface area contributed by atoms with E-state index in [1.54, 1.807) is 30.3 Å². The predicted molar refractivity (Wildman–Crippen MR) is 113 cm³/mol. The van der Waals surface area contributed by atoms with Gasteiger partial charge < -0.3 is 15.4 Å². The fourth-order valence-corrected chi connectivity index (χ4v) is 3.29. The Morgan fingerprint density at radius 1 is 0.893 bits per heavy atom. The van der Waals surface area contributed by atoms with Crippen molar-refractivity contribution in [2.75, 3.05) is 17.2 Å². The van der Waals surface area contributed by atoms with E-state index in [-0.39, 0.29) is 18.4 Å². The van der Waals surface area contributed by atoms with Crippen LogP contribution in [0.15, 0.2) is 53.9 Å². The number of thiophene rings is 1. The smallest absolute Gasteiger partial charge is 0.265 e. The van der Waals surface area contributed by atoms with E-state index in [4.69, 9.17) is 4.74 Å². The van der Waals surface area contributed by atoms with Crippen LogP contribution in [0, 0.1) is 20.8 Å². The first-order valence-corrected chi connectivity index (χ1v) is 9.76. The summed E-state index contributed by atoms with van der Waals surface area (Å²) in [6.45, 7) is 5.95. The highest BCUT2D eigenvalue weighted by Crippen LogP contribution is 2.22. The van der Waals surface area contributed by atoms with Crippen LogP contribution in [0.25, 0.3) is 0 Å². The van der Waals surface area contributed by atoms with Crippen molar-refractivity contribution in [2.45, 2.75) is 20.8 Å². The van der Waals surface area contributed by atoms with Gasteiger partial charge in [0.25, 0.3) is 11.8 Å². The standard InChI is InChI=1S/C22H22N2O3S/c1-14-11-16(3)19(12-15(14)2)27-13-21(25)23-17-6-8-18(9-7-17)24-22(26)20-5-4-10-28-20/h4-12H,13H2,1-3H3,(H,23,25)(H,24,26). The molecule has 0 bridgehead atoms. The summed E-state index contributed by atoms with van der Waals surface area (Å²) >= 11 is 1.39. The SMILES string of the molecule is Cc1cc(C)c(OCC(=O)Nc2ccc(NC(=O)c3cccs3)cc2)cc1C. The molecule has 5 nitrogen and oxygen atoms in total. The third kappa shape index (κ3) is 4.98. The number of hydrogen-bond acceptors (Lipinski definition) is 4. The summed E-state index contributed by atoms with van der Waals surface area (Å²) in [6, 6.07) is 14.6.